The summed E-state index contributed by atoms with van der Waals surface area (Å²) in [6.45, 7) is 5.33. The van der Waals surface area contributed by atoms with E-state index in [0.717, 1.165) is 17.4 Å². The van der Waals surface area contributed by atoms with Gasteiger partial charge in [-0.2, -0.15) is 0 Å². The lowest BCUT2D eigenvalue weighted by atomic mass is 10.2. The molecule has 1 heterocycles. The lowest BCUT2D eigenvalue weighted by molar-refractivity contribution is 0.0943. The summed E-state index contributed by atoms with van der Waals surface area (Å²) in [5.41, 5.74) is 6.29. The van der Waals surface area contributed by atoms with Crippen LogP contribution in [0, 0.1) is 0 Å². The molecule has 0 aromatic carbocycles. The first-order chi connectivity index (χ1) is 7.54. The van der Waals surface area contributed by atoms with Crippen LogP contribution >= 0.6 is 15.9 Å². The molecule has 4 nitrogen and oxygen atoms in total. The molecule has 0 saturated carbocycles. The molecule has 3 N–H and O–H groups in total. The number of amides is 1. The number of aryl methyl sites for hydroxylation is 1. The number of halogens is 1. The van der Waals surface area contributed by atoms with Gasteiger partial charge in [0, 0.05) is 29.8 Å². The van der Waals surface area contributed by atoms with Crippen LogP contribution in [0.1, 0.15) is 30.8 Å². The van der Waals surface area contributed by atoms with E-state index in [9.17, 15) is 4.79 Å². The van der Waals surface area contributed by atoms with Gasteiger partial charge in [-0.05, 0) is 42.3 Å². The van der Waals surface area contributed by atoms with Gasteiger partial charge in [-0.1, -0.05) is 0 Å². The van der Waals surface area contributed by atoms with E-state index in [2.05, 4.69) is 21.2 Å². The van der Waals surface area contributed by atoms with E-state index in [1.165, 1.54) is 0 Å². The quantitative estimate of drug-likeness (QED) is 0.867. The average molecular weight is 288 g/mol. The van der Waals surface area contributed by atoms with Gasteiger partial charge in [-0.25, -0.2) is 0 Å². The summed E-state index contributed by atoms with van der Waals surface area (Å²) in [5, 5.41) is 2.86. The molecule has 5 heteroatoms. The maximum atomic E-state index is 11.8. The standard InChI is InChI=1S/C11H18BrN3O/c1-3-15-7-9(12)6-10(15)11(16)14-5-4-8(2)13/h6-8H,3-5,13H2,1-2H3,(H,14,16). The topological polar surface area (TPSA) is 60.0 Å². The second-order valence-electron chi connectivity index (χ2n) is 3.85. The van der Waals surface area contributed by atoms with Crippen molar-refractivity contribution in [3.05, 3.63) is 22.4 Å². The zero-order valence-electron chi connectivity index (χ0n) is 9.66. The van der Waals surface area contributed by atoms with Gasteiger partial charge in [0.1, 0.15) is 5.69 Å². The van der Waals surface area contributed by atoms with Gasteiger partial charge >= 0.3 is 0 Å². The first-order valence-corrected chi connectivity index (χ1v) is 6.23. The van der Waals surface area contributed by atoms with E-state index in [-0.39, 0.29) is 11.9 Å². The van der Waals surface area contributed by atoms with Crippen molar-refractivity contribution in [2.45, 2.75) is 32.9 Å². The maximum Gasteiger partial charge on any atom is 0.267 e. The van der Waals surface area contributed by atoms with Crippen molar-refractivity contribution in [1.82, 2.24) is 9.88 Å². The van der Waals surface area contributed by atoms with E-state index < -0.39 is 0 Å². The Balaban J connectivity index is 2.58. The highest BCUT2D eigenvalue weighted by Crippen LogP contribution is 2.14. The van der Waals surface area contributed by atoms with E-state index >= 15 is 0 Å². The van der Waals surface area contributed by atoms with Crippen LogP contribution in [-0.4, -0.2) is 23.1 Å². The third kappa shape index (κ3) is 3.64. The molecule has 0 fully saturated rings. The van der Waals surface area contributed by atoms with Crippen molar-refractivity contribution < 1.29 is 4.79 Å². The maximum absolute atomic E-state index is 11.8. The number of hydrogen-bond donors (Lipinski definition) is 2. The monoisotopic (exact) mass is 287 g/mol. The molecule has 1 unspecified atom stereocenters. The van der Waals surface area contributed by atoms with Crippen LogP contribution in [0.5, 0.6) is 0 Å². The highest BCUT2D eigenvalue weighted by Gasteiger charge is 2.11. The minimum atomic E-state index is -0.0480. The lowest BCUT2D eigenvalue weighted by Crippen LogP contribution is -2.30. The summed E-state index contributed by atoms with van der Waals surface area (Å²) in [4.78, 5) is 11.8. The molecule has 0 radical (unpaired) electrons. The largest absolute Gasteiger partial charge is 0.351 e. The Morgan fingerprint density at radius 1 is 1.69 bits per heavy atom. The summed E-state index contributed by atoms with van der Waals surface area (Å²) >= 11 is 3.36. The summed E-state index contributed by atoms with van der Waals surface area (Å²) in [5.74, 6) is -0.0480. The Bertz CT molecular complexity index is 360. The number of nitrogens with two attached hydrogens (primary N) is 1. The fourth-order valence-corrected chi connectivity index (χ4v) is 1.89. The minimum Gasteiger partial charge on any atom is -0.351 e. The lowest BCUT2D eigenvalue weighted by Gasteiger charge is -2.08. The molecular formula is C11H18BrN3O. The fraction of sp³-hybridized carbons (Fsp3) is 0.545. The molecule has 0 aliphatic carbocycles. The number of nitrogens with one attached hydrogen (secondary N) is 1. The van der Waals surface area contributed by atoms with Crippen LogP contribution in [-0.2, 0) is 6.54 Å². The van der Waals surface area contributed by atoms with Crippen molar-refractivity contribution in [2.75, 3.05) is 6.54 Å². The highest BCUT2D eigenvalue weighted by molar-refractivity contribution is 9.10. The van der Waals surface area contributed by atoms with Gasteiger partial charge in [0.15, 0.2) is 0 Å². The SMILES string of the molecule is CCn1cc(Br)cc1C(=O)NCCC(C)N. The molecule has 0 bridgehead atoms. The molecule has 1 amide bonds. The van der Waals surface area contributed by atoms with Gasteiger partial charge in [-0.3, -0.25) is 4.79 Å². The number of nitrogens with zero attached hydrogens (tertiary/aromatic N) is 1. The zero-order chi connectivity index (χ0) is 12.1. The van der Waals surface area contributed by atoms with Crippen molar-refractivity contribution in [1.29, 1.82) is 0 Å². The predicted octanol–water partition coefficient (Wildman–Crippen LogP) is 1.74. The Morgan fingerprint density at radius 3 is 2.94 bits per heavy atom. The highest BCUT2D eigenvalue weighted by atomic mass is 79.9. The van der Waals surface area contributed by atoms with Crippen molar-refractivity contribution in [3.63, 3.8) is 0 Å². The minimum absolute atomic E-state index is 0.0480. The molecule has 1 aromatic rings. The van der Waals surface area contributed by atoms with Gasteiger partial charge in [0.25, 0.3) is 5.91 Å². The van der Waals surface area contributed by atoms with Crippen LogP contribution in [0.4, 0.5) is 0 Å². The first-order valence-electron chi connectivity index (χ1n) is 5.44. The van der Waals surface area contributed by atoms with Crippen LogP contribution in [0.3, 0.4) is 0 Å². The number of carbonyl (C=O) groups is 1. The molecule has 16 heavy (non-hydrogen) atoms. The Labute approximate surface area is 104 Å². The van der Waals surface area contributed by atoms with Crippen molar-refractivity contribution in [3.8, 4) is 0 Å². The van der Waals surface area contributed by atoms with Crippen LogP contribution < -0.4 is 11.1 Å². The first kappa shape index (κ1) is 13.3. The molecule has 0 aliphatic rings. The number of carbonyl (C=O) groups excluding carboxylic acids is 1. The van der Waals surface area contributed by atoms with E-state index in [1.807, 2.05) is 30.7 Å². The van der Waals surface area contributed by atoms with Gasteiger partial charge < -0.3 is 15.6 Å². The molecule has 1 atom stereocenters. The van der Waals surface area contributed by atoms with E-state index in [4.69, 9.17) is 5.73 Å². The second kappa shape index (κ2) is 6.06. The predicted molar refractivity (Wildman–Crippen MR) is 68.4 cm³/mol. The molecule has 1 aromatic heterocycles. The summed E-state index contributed by atoms with van der Waals surface area (Å²) in [7, 11) is 0. The molecule has 90 valence electrons. The summed E-state index contributed by atoms with van der Waals surface area (Å²) in [6.07, 6.45) is 2.69. The Kier molecular flexibility index (Phi) is 5.02. The van der Waals surface area contributed by atoms with Crippen molar-refractivity contribution in [2.24, 2.45) is 5.73 Å². The van der Waals surface area contributed by atoms with E-state index in [1.54, 1.807) is 0 Å². The Morgan fingerprint density at radius 2 is 2.38 bits per heavy atom. The average Bonchev–Trinajstić information content (AvgIpc) is 2.59. The van der Waals surface area contributed by atoms with E-state index in [0.29, 0.717) is 12.2 Å². The van der Waals surface area contributed by atoms with Crippen LogP contribution in [0.2, 0.25) is 0 Å². The fourth-order valence-electron chi connectivity index (χ4n) is 1.43. The molecule has 0 spiro atoms. The zero-order valence-corrected chi connectivity index (χ0v) is 11.3. The normalized spacial score (nSPS) is 12.5. The van der Waals surface area contributed by atoms with Crippen molar-refractivity contribution >= 4 is 21.8 Å². The second-order valence-corrected chi connectivity index (χ2v) is 4.77. The third-order valence-corrected chi connectivity index (χ3v) is 2.76. The number of rotatable bonds is 5. The molecule has 1 rings (SSSR count). The molecular weight excluding hydrogens is 270 g/mol. The molecule has 0 aliphatic heterocycles. The molecule has 0 saturated heterocycles. The van der Waals surface area contributed by atoms with Gasteiger partial charge in [0.05, 0.1) is 0 Å². The van der Waals surface area contributed by atoms with Gasteiger partial charge in [0.2, 0.25) is 0 Å². The number of hydrogen-bond acceptors (Lipinski definition) is 2. The third-order valence-electron chi connectivity index (χ3n) is 2.32. The smallest absolute Gasteiger partial charge is 0.267 e. The number of aromatic nitrogens is 1. The van der Waals surface area contributed by atoms with Crippen LogP contribution in [0.25, 0.3) is 0 Å². The Hall–Kier alpha value is -0.810. The van der Waals surface area contributed by atoms with Gasteiger partial charge in [-0.15, -0.1) is 0 Å². The summed E-state index contributed by atoms with van der Waals surface area (Å²) in [6, 6.07) is 1.94. The van der Waals surface area contributed by atoms with Crippen LogP contribution in [0.15, 0.2) is 16.7 Å². The summed E-state index contributed by atoms with van der Waals surface area (Å²) < 4.78 is 2.83.